The summed E-state index contributed by atoms with van der Waals surface area (Å²) in [7, 11) is 0. The fraction of sp³-hybridized carbons (Fsp3) is 0.200. The van der Waals surface area contributed by atoms with Gasteiger partial charge in [-0.25, -0.2) is 0 Å². The van der Waals surface area contributed by atoms with Crippen LogP contribution in [0.4, 0.5) is 5.69 Å². The van der Waals surface area contributed by atoms with E-state index in [2.05, 4.69) is 74.3 Å². The van der Waals surface area contributed by atoms with Crippen LogP contribution in [0.3, 0.4) is 0 Å². The van der Waals surface area contributed by atoms with Crippen LogP contribution in [0.5, 0.6) is 11.5 Å². The molecule has 1 N–H and O–H groups in total. The van der Waals surface area contributed by atoms with Crippen molar-refractivity contribution in [2.24, 2.45) is 0 Å². The Morgan fingerprint density at radius 2 is 1.63 bits per heavy atom. The molecule has 27 heavy (non-hydrogen) atoms. The third-order valence-electron chi connectivity index (χ3n) is 4.30. The maximum absolute atomic E-state index is 6.23. The summed E-state index contributed by atoms with van der Waals surface area (Å²) < 4.78 is 6.23. The first-order valence-corrected chi connectivity index (χ1v) is 9.59. The van der Waals surface area contributed by atoms with Gasteiger partial charge in [-0.3, -0.25) is 0 Å². The summed E-state index contributed by atoms with van der Waals surface area (Å²) in [5.41, 5.74) is 4.57. The zero-order valence-electron chi connectivity index (χ0n) is 16.5. The summed E-state index contributed by atoms with van der Waals surface area (Å²) in [5, 5.41) is 5.50. The molecule has 140 valence electrons. The second-order valence-corrected chi connectivity index (χ2v) is 6.68. The van der Waals surface area contributed by atoms with Crippen LogP contribution in [-0.4, -0.2) is 6.04 Å². The van der Waals surface area contributed by atoms with Crippen LogP contribution in [0, 0.1) is 0 Å². The molecule has 3 aromatic rings. The van der Waals surface area contributed by atoms with E-state index in [1.807, 2.05) is 32.0 Å². The van der Waals surface area contributed by atoms with Gasteiger partial charge in [0.15, 0.2) is 0 Å². The second-order valence-electron chi connectivity index (χ2n) is 6.68. The SMILES string of the molecule is C=c1ccc2c(c1)Oc1cc(NC(C)C)ccc1C=2c1ccccc1.CC.[HH]. The zero-order chi connectivity index (χ0) is 19.4. The number of benzene rings is 3. The lowest BCUT2D eigenvalue weighted by Crippen LogP contribution is -2.19. The van der Waals surface area contributed by atoms with Crippen LogP contribution in [0.2, 0.25) is 0 Å². The standard InChI is InChI=1S/C23H21NO.C2H6.H2/c1-15(2)24-18-10-12-20-22(14-18)25-21-13-16(3)9-11-19(21)23(20)17-7-5-4-6-8-17;1-2;/h4-15,24H,3H2,1-2H3;1-2H3;1H. The summed E-state index contributed by atoms with van der Waals surface area (Å²) in [5.74, 6) is 1.74. The first kappa shape index (κ1) is 18.8. The lowest BCUT2D eigenvalue weighted by atomic mass is 9.92. The third kappa shape index (κ3) is 3.90. The molecule has 3 aromatic carbocycles. The number of fused-ring (bicyclic) bond motifs is 2. The summed E-state index contributed by atoms with van der Waals surface area (Å²) in [4.78, 5) is 0. The van der Waals surface area contributed by atoms with Gasteiger partial charge in [0.2, 0.25) is 0 Å². The molecule has 2 heteroatoms. The zero-order valence-corrected chi connectivity index (χ0v) is 16.5. The van der Waals surface area contributed by atoms with E-state index in [0.717, 1.165) is 33.2 Å². The van der Waals surface area contributed by atoms with E-state index in [1.165, 1.54) is 11.1 Å². The van der Waals surface area contributed by atoms with Crippen molar-refractivity contribution in [1.82, 2.24) is 0 Å². The third-order valence-corrected chi connectivity index (χ3v) is 4.30. The van der Waals surface area contributed by atoms with Crippen molar-refractivity contribution < 1.29 is 6.16 Å². The molecule has 0 fully saturated rings. The topological polar surface area (TPSA) is 21.3 Å². The number of nitrogens with one attached hydrogen (secondary N) is 1. The lowest BCUT2D eigenvalue weighted by molar-refractivity contribution is 0.472. The molecule has 1 aliphatic heterocycles. The molecule has 0 atom stereocenters. The van der Waals surface area contributed by atoms with Crippen LogP contribution in [0.25, 0.3) is 12.2 Å². The molecule has 4 rings (SSSR count). The van der Waals surface area contributed by atoms with Gasteiger partial charge in [-0.05, 0) is 42.8 Å². The van der Waals surface area contributed by atoms with Crippen molar-refractivity contribution in [2.75, 3.05) is 5.32 Å². The first-order valence-electron chi connectivity index (χ1n) is 9.59. The van der Waals surface area contributed by atoms with Gasteiger partial charge in [0.25, 0.3) is 0 Å². The Hall–Kier alpha value is -3.00. The average molecular weight is 360 g/mol. The highest BCUT2D eigenvalue weighted by Crippen LogP contribution is 2.37. The fourth-order valence-corrected chi connectivity index (χ4v) is 3.27. The Morgan fingerprint density at radius 3 is 2.33 bits per heavy atom. The summed E-state index contributed by atoms with van der Waals surface area (Å²) in [6.07, 6.45) is 0. The van der Waals surface area contributed by atoms with Gasteiger partial charge >= 0.3 is 0 Å². The van der Waals surface area contributed by atoms with Crippen molar-refractivity contribution in [3.8, 4) is 11.5 Å². The van der Waals surface area contributed by atoms with Gasteiger partial charge < -0.3 is 10.1 Å². The van der Waals surface area contributed by atoms with E-state index >= 15 is 0 Å². The largest absolute Gasteiger partial charge is 0.456 e. The smallest absolute Gasteiger partial charge is 0.137 e. The number of anilines is 1. The van der Waals surface area contributed by atoms with Crippen molar-refractivity contribution in [3.05, 3.63) is 88.3 Å². The van der Waals surface area contributed by atoms with Crippen LogP contribution in [0.1, 0.15) is 40.2 Å². The van der Waals surface area contributed by atoms with Gasteiger partial charge in [0, 0.05) is 35.6 Å². The van der Waals surface area contributed by atoms with Crippen LogP contribution in [-0.2, 0) is 0 Å². The lowest BCUT2D eigenvalue weighted by Gasteiger charge is -2.22. The second kappa shape index (κ2) is 8.13. The van der Waals surface area contributed by atoms with E-state index in [1.54, 1.807) is 0 Å². The predicted molar refractivity (Wildman–Crippen MR) is 118 cm³/mol. The highest BCUT2D eigenvalue weighted by atomic mass is 16.5. The molecule has 0 unspecified atom stereocenters. The van der Waals surface area contributed by atoms with Gasteiger partial charge in [-0.1, -0.05) is 62.9 Å². The number of hydrogen-bond donors (Lipinski definition) is 1. The van der Waals surface area contributed by atoms with E-state index in [0.29, 0.717) is 6.04 Å². The average Bonchev–Trinajstić information content (AvgIpc) is 2.67. The Morgan fingerprint density at radius 1 is 0.889 bits per heavy atom. The molecule has 2 nitrogen and oxygen atoms in total. The molecule has 0 saturated heterocycles. The fourth-order valence-electron chi connectivity index (χ4n) is 3.27. The Kier molecular flexibility index (Phi) is 5.66. The van der Waals surface area contributed by atoms with E-state index in [9.17, 15) is 0 Å². The van der Waals surface area contributed by atoms with Gasteiger partial charge in [0.05, 0.1) is 0 Å². The minimum absolute atomic E-state index is 0. The molecule has 0 radical (unpaired) electrons. The predicted octanol–water partition coefficient (Wildman–Crippen LogP) is 5.54. The van der Waals surface area contributed by atoms with Gasteiger partial charge in [-0.15, -0.1) is 0 Å². The molecule has 1 aliphatic rings. The van der Waals surface area contributed by atoms with Gasteiger partial charge in [0.1, 0.15) is 11.5 Å². The monoisotopic (exact) mass is 359 g/mol. The summed E-state index contributed by atoms with van der Waals surface area (Å²) in [6, 6.07) is 23.3. The summed E-state index contributed by atoms with van der Waals surface area (Å²) in [6.45, 7) is 12.3. The van der Waals surface area contributed by atoms with Crippen molar-refractivity contribution in [1.29, 1.82) is 0 Å². The molecule has 0 saturated carbocycles. The van der Waals surface area contributed by atoms with Crippen molar-refractivity contribution in [3.63, 3.8) is 0 Å². The molecule has 0 aromatic heterocycles. The van der Waals surface area contributed by atoms with Gasteiger partial charge in [-0.2, -0.15) is 0 Å². The summed E-state index contributed by atoms with van der Waals surface area (Å²) >= 11 is 0. The number of rotatable bonds is 3. The Balaban J connectivity index is 0.000000906. The quantitative estimate of drug-likeness (QED) is 0.518. The molecule has 0 amide bonds. The molecular weight excluding hydrogens is 330 g/mol. The number of ether oxygens (including phenoxy) is 1. The number of hydrogen-bond acceptors (Lipinski definition) is 2. The minimum atomic E-state index is 0. The molecular formula is C25H29NO. The molecule has 0 aliphatic carbocycles. The maximum Gasteiger partial charge on any atom is 0.137 e. The Labute approximate surface area is 163 Å². The molecule has 0 bridgehead atoms. The van der Waals surface area contributed by atoms with Crippen LogP contribution >= 0.6 is 0 Å². The van der Waals surface area contributed by atoms with Crippen molar-refractivity contribution >= 4 is 17.8 Å². The highest BCUT2D eigenvalue weighted by Gasteiger charge is 2.20. The Bertz CT molecular complexity index is 1040. The first-order chi connectivity index (χ1) is 13.1. The van der Waals surface area contributed by atoms with Crippen molar-refractivity contribution in [2.45, 2.75) is 33.7 Å². The van der Waals surface area contributed by atoms with E-state index < -0.39 is 0 Å². The normalized spacial score (nSPS) is 11.7. The highest BCUT2D eigenvalue weighted by molar-refractivity contribution is 5.86. The van der Waals surface area contributed by atoms with Crippen LogP contribution < -0.4 is 20.5 Å². The molecule has 0 spiro atoms. The van der Waals surface area contributed by atoms with E-state index in [4.69, 9.17) is 4.74 Å². The minimum Gasteiger partial charge on any atom is -0.456 e. The van der Waals surface area contributed by atoms with E-state index in [-0.39, 0.29) is 1.43 Å². The van der Waals surface area contributed by atoms with Crippen LogP contribution in [0.15, 0.2) is 66.7 Å². The molecule has 1 heterocycles. The maximum atomic E-state index is 6.23.